The minimum Gasteiger partial charge on any atom is -0.504 e. The van der Waals surface area contributed by atoms with E-state index in [0.29, 0.717) is 17.7 Å². The van der Waals surface area contributed by atoms with Gasteiger partial charge in [0.15, 0.2) is 11.5 Å². The molecule has 1 aromatic rings. The van der Waals surface area contributed by atoms with Crippen LogP contribution in [0.5, 0.6) is 23.0 Å². The largest absolute Gasteiger partial charge is 0.504 e. The molecule has 1 saturated heterocycles. The molecule has 1 fully saturated rings. The summed E-state index contributed by atoms with van der Waals surface area (Å²) in [5, 5.41) is 49.4. The van der Waals surface area contributed by atoms with Crippen LogP contribution in [0.4, 0.5) is 0 Å². The van der Waals surface area contributed by atoms with Crippen molar-refractivity contribution in [2.75, 3.05) is 13.4 Å². The molecule has 0 aliphatic carbocycles. The van der Waals surface area contributed by atoms with Gasteiger partial charge < -0.3 is 44.5 Å². The van der Waals surface area contributed by atoms with E-state index in [1.54, 1.807) is 12.1 Å². The Balaban J connectivity index is 1.93. The summed E-state index contributed by atoms with van der Waals surface area (Å²) >= 11 is 0. The second kappa shape index (κ2) is 7.06. The number of allylic oxidation sites excluding steroid dienone is 1. The fourth-order valence-corrected chi connectivity index (χ4v) is 2.75. The maximum atomic E-state index is 10.4. The van der Waals surface area contributed by atoms with Gasteiger partial charge in [0.05, 0.1) is 6.61 Å². The molecule has 5 atom stereocenters. The molecule has 25 heavy (non-hydrogen) atoms. The number of phenolic OH excluding ortho intramolecular Hbond substituents is 1. The lowest BCUT2D eigenvalue weighted by Gasteiger charge is -2.39. The summed E-state index contributed by atoms with van der Waals surface area (Å²) in [4.78, 5) is 0. The van der Waals surface area contributed by atoms with E-state index in [0.717, 1.165) is 0 Å². The van der Waals surface area contributed by atoms with Crippen molar-refractivity contribution >= 4 is 0 Å². The minimum atomic E-state index is -1.61. The Labute approximate surface area is 143 Å². The maximum Gasteiger partial charge on any atom is 0.231 e. The highest BCUT2D eigenvalue weighted by molar-refractivity contribution is 5.63. The van der Waals surface area contributed by atoms with Gasteiger partial charge in [-0.3, -0.25) is 0 Å². The third kappa shape index (κ3) is 3.12. The highest BCUT2D eigenvalue weighted by Crippen LogP contribution is 2.49. The number of hydrogen-bond donors (Lipinski definition) is 5. The van der Waals surface area contributed by atoms with Crippen LogP contribution in [0.1, 0.15) is 5.56 Å². The molecule has 0 amide bonds. The monoisotopic (exact) mass is 356 g/mol. The number of benzene rings is 1. The van der Waals surface area contributed by atoms with E-state index in [1.165, 1.54) is 0 Å². The normalized spacial score (nSPS) is 31.0. The smallest absolute Gasteiger partial charge is 0.231 e. The molecule has 0 bridgehead atoms. The van der Waals surface area contributed by atoms with Crippen LogP contribution in [0.25, 0.3) is 0 Å². The van der Waals surface area contributed by atoms with Crippen molar-refractivity contribution in [3.8, 4) is 23.0 Å². The van der Waals surface area contributed by atoms with Crippen LogP contribution in [0.2, 0.25) is 0 Å². The molecule has 2 aliphatic rings. The van der Waals surface area contributed by atoms with Gasteiger partial charge in [0.2, 0.25) is 24.6 Å². The molecular weight excluding hydrogens is 336 g/mol. The molecule has 2 aliphatic heterocycles. The Morgan fingerprint density at radius 2 is 1.96 bits per heavy atom. The molecule has 0 radical (unpaired) electrons. The Bertz CT molecular complexity index is 645. The number of rotatable bonds is 5. The van der Waals surface area contributed by atoms with E-state index in [2.05, 4.69) is 6.58 Å². The zero-order valence-electron chi connectivity index (χ0n) is 13.2. The number of aliphatic hydroxyl groups excluding tert-OH is 4. The standard InChI is InChI=1S/C16H20O9/c1-2-3-7-4-8-14(23-6-22-8)15(10(7)18)25-16-13(21)12(20)11(19)9(5-17)24-16/h2,4,9,11-13,16-21H,1,3,5-6H2/t9-,11-,12+,13-,16+/m1/s1. The molecule has 0 aromatic heterocycles. The van der Waals surface area contributed by atoms with Gasteiger partial charge in [-0.05, 0) is 12.5 Å². The van der Waals surface area contributed by atoms with Crippen molar-refractivity contribution in [1.82, 2.24) is 0 Å². The van der Waals surface area contributed by atoms with Gasteiger partial charge in [-0.25, -0.2) is 0 Å². The summed E-state index contributed by atoms with van der Waals surface area (Å²) in [5.74, 6) is 0.0915. The van der Waals surface area contributed by atoms with Gasteiger partial charge in [0, 0.05) is 5.56 Å². The Hall–Kier alpha value is -2.04. The molecule has 0 spiro atoms. The topological polar surface area (TPSA) is 138 Å². The molecular formula is C16H20O9. The number of hydrogen-bond acceptors (Lipinski definition) is 9. The van der Waals surface area contributed by atoms with Crippen molar-refractivity contribution in [3.63, 3.8) is 0 Å². The van der Waals surface area contributed by atoms with Gasteiger partial charge >= 0.3 is 0 Å². The second-order valence-electron chi connectivity index (χ2n) is 5.76. The summed E-state index contributed by atoms with van der Waals surface area (Å²) in [5.41, 5.74) is 0.457. The van der Waals surface area contributed by atoms with Crippen LogP contribution in [0.3, 0.4) is 0 Å². The first-order valence-corrected chi connectivity index (χ1v) is 7.70. The fraction of sp³-hybridized carbons (Fsp3) is 0.500. The van der Waals surface area contributed by atoms with Gasteiger partial charge in [0.25, 0.3) is 0 Å². The van der Waals surface area contributed by atoms with Gasteiger partial charge in [-0.1, -0.05) is 6.08 Å². The summed E-state index contributed by atoms with van der Waals surface area (Å²) in [6, 6.07) is 1.58. The number of ether oxygens (including phenoxy) is 4. The van der Waals surface area contributed by atoms with Gasteiger partial charge in [-0.15, -0.1) is 6.58 Å². The quantitative estimate of drug-likeness (QED) is 0.422. The molecule has 9 nitrogen and oxygen atoms in total. The zero-order chi connectivity index (χ0) is 18.1. The van der Waals surface area contributed by atoms with E-state index in [1.807, 2.05) is 0 Å². The summed E-state index contributed by atoms with van der Waals surface area (Å²) < 4.78 is 21.4. The van der Waals surface area contributed by atoms with Crippen LogP contribution in [-0.4, -0.2) is 69.6 Å². The van der Waals surface area contributed by atoms with Crippen molar-refractivity contribution in [3.05, 3.63) is 24.3 Å². The molecule has 0 unspecified atom stereocenters. The Morgan fingerprint density at radius 3 is 2.64 bits per heavy atom. The molecule has 1 aromatic carbocycles. The molecule has 0 saturated carbocycles. The Kier molecular flexibility index (Phi) is 5.02. The zero-order valence-corrected chi connectivity index (χ0v) is 13.2. The average molecular weight is 356 g/mol. The molecule has 2 heterocycles. The van der Waals surface area contributed by atoms with Gasteiger partial charge in [0.1, 0.15) is 24.4 Å². The minimum absolute atomic E-state index is 0.0721. The Morgan fingerprint density at radius 1 is 1.20 bits per heavy atom. The number of phenols is 1. The number of fused-ring (bicyclic) bond motifs is 1. The first-order valence-electron chi connectivity index (χ1n) is 7.70. The van der Waals surface area contributed by atoms with E-state index in [4.69, 9.17) is 18.9 Å². The first-order chi connectivity index (χ1) is 12.0. The number of aliphatic hydroxyl groups is 4. The molecule has 138 valence electrons. The van der Waals surface area contributed by atoms with Crippen molar-refractivity contribution < 1.29 is 44.5 Å². The second-order valence-corrected chi connectivity index (χ2v) is 5.76. The highest BCUT2D eigenvalue weighted by atomic mass is 16.7. The predicted octanol–water partition coefficient (Wildman–Crippen LogP) is -0.972. The average Bonchev–Trinajstić information content (AvgIpc) is 3.06. The van der Waals surface area contributed by atoms with Gasteiger partial charge in [-0.2, -0.15) is 0 Å². The van der Waals surface area contributed by atoms with E-state index >= 15 is 0 Å². The van der Waals surface area contributed by atoms with Crippen molar-refractivity contribution in [2.45, 2.75) is 37.1 Å². The van der Waals surface area contributed by atoms with E-state index in [9.17, 15) is 25.5 Å². The van der Waals surface area contributed by atoms with Crippen molar-refractivity contribution in [1.29, 1.82) is 0 Å². The lowest BCUT2D eigenvalue weighted by atomic mass is 9.99. The summed E-state index contributed by atoms with van der Waals surface area (Å²) in [6.45, 7) is 2.95. The molecule has 5 N–H and O–H groups in total. The maximum absolute atomic E-state index is 10.4. The highest BCUT2D eigenvalue weighted by Gasteiger charge is 2.45. The third-order valence-electron chi connectivity index (χ3n) is 4.12. The van der Waals surface area contributed by atoms with Crippen LogP contribution in [-0.2, 0) is 11.2 Å². The lowest BCUT2D eigenvalue weighted by Crippen LogP contribution is -2.60. The predicted molar refractivity (Wildman–Crippen MR) is 82.5 cm³/mol. The van der Waals surface area contributed by atoms with Crippen LogP contribution in [0.15, 0.2) is 18.7 Å². The summed E-state index contributed by atoms with van der Waals surface area (Å²) in [6.07, 6.45) is -5.40. The van der Waals surface area contributed by atoms with E-state index in [-0.39, 0.29) is 24.0 Å². The lowest BCUT2D eigenvalue weighted by molar-refractivity contribution is -0.277. The fourth-order valence-electron chi connectivity index (χ4n) is 2.75. The van der Waals surface area contributed by atoms with E-state index < -0.39 is 37.3 Å². The summed E-state index contributed by atoms with van der Waals surface area (Å²) in [7, 11) is 0. The van der Waals surface area contributed by atoms with Crippen LogP contribution in [0, 0.1) is 0 Å². The third-order valence-corrected chi connectivity index (χ3v) is 4.12. The first kappa shape index (κ1) is 17.8. The molecule has 3 rings (SSSR count). The number of aromatic hydroxyl groups is 1. The van der Waals surface area contributed by atoms with Crippen LogP contribution < -0.4 is 14.2 Å². The van der Waals surface area contributed by atoms with Crippen LogP contribution >= 0.6 is 0 Å². The molecule has 9 heteroatoms. The SMILES string of the molecule is C=CCc1cc2c(c(O[C@@H]3O[C@H](CO)[C@@H](O)[C@H](O)[C@H]3O)c1O)OCO2. The van der Waals surface area contributed by atoms with Crippen molar-refractivity contribution in [2.24, 2.45) is 0 Å².